The van der Waals surface area contributed by atoms with Crippen LogP contribution in [0.15, 0.2) is 29.2 Å². The zero-order chi connectivity index (χ0) is 15.3. The fourth-order valence-corrected chi connectivity index (χ4v) is 2.48. The van der Waals surface area contributed by atoms with Gasteiger partial charge in [0, 0.05) is 31.0 Å². The smallest absolute Gasteiger partial charge is 0.254 e. The predicted molar refractivity (Wildman–Crippen MR) is 77.4 cm³/mol. The minimum absolute atomic E-state index is 0.0173. The first-order valence-electron chi connectivity index (χ1n) is 6.49. The highest BCUT2D eigenvalue weighted by Crippen LogP contribution is 2.13. The van der Waals surface area contributed by atoms with E-state index < -0.39 is 9.84 Å². The Labute approximate surface area is 120 Å². The molecule has 0 saturated carbocycles. The van der Waals surface area contributed by atoms with E-state index in [1.54, 1.807) is 4.90 Å². The van der Waals surface area contributed by atoms with Crippen molar-refractivity contribution in [1.29, 1.82) is 0 Å². The number of sulfone groups is 1. The first-order valence-corrected chi connectivity index (χ1v) is 8.38. The van der Waals surface area contributed by atoms with Crippen LogP contribution in [-0.4, -0.2) is 49.8 Å². The van der Waals surface area contributed by atoms with Gasteiger partial charge in [-0.05, 0) is 44.5 Å². The maximum atomic E-state index is 12.3. The van der Waals surface area contributed by atoms with Gasteiger partial charge in [0.25, 0.3) is 5.91 Å². The van der Waals surface area contributed by atoms with Crippen LogP contribution in [0.5, 0.6) is 0 Å². The van der Waals surface area contributed by atoms with E-state index in [0.717, 1.165) is 6.26 Å². The van der Waals surface area contributed by atoms with Gasteiger partial charge in [0.05, 0.1) is 4.90 Å². The van der Waals surface area contributed by atoms with E-state index in [1.807, 2.05) is 13.8 Å². The molecule has 0 atom stereocenters. The summed E-state index contributed by atoms with van der Waals surface area (Å²) in [6.45, 7) is 4.31. The minimum atomic E-state index is -3.25. The molecule has 6 heteroatoms. The van der Waals surface area contributed by atoms with Crippen molar-refractivity contribution < 1.29 is 18.3 Å². The van der Waals surface area contributed by atoms with E-state index in [1.165, 1.54) is 24.3 Å². The molecule has 0 heterocycles. The van der Waals surface area contributed by atoms with Crippen LogP contribution in [0, 0.1) is 0 Å². The summed E-state index contributed by atoms with van der Waals surface area (Å²) >= 11 is 0. The van der Waals surface area contributed by atoms with Crippen molar-refractivity contribution in [2.24, 2.45) is 0 Å². The maximum absolute atomic E-state index is 12.3. The van der Waals surface area contributed by atoms with Crippen LogP contribution < -0.4 is 0 Å². The molecule has 20 heavy (non-hydrogen) atoms. The van der Waals surface area contributed by atoms with Gasteiger partial charge in [0.1, 0.15) is 0 Å². The summed E-state index contributed by atoms with van der Waals surface area (Å²) in [5.74, 6) is -0.159. The molecule has 0 aliphatic heterocycles. The Bertz CT molecular complexity index is 549. The van der Waals surface area contributed by atoms with Gasteiger partial charge < -0.3 is 10.0 Å². The fourth-order valence-electron chi connectivity index (χ4n) is 1.85. The van der Waals surface area contributed by atoms with Crippen LogP contribution in [0.25, 0.3) is 0 Å². The first-order chi connectivity index (χ1) is 9.27. The summed E-state index contributed by atoms with van der Waals surface area (Å²) in [7, 11) is -3.25. The Morgan fingerprint density at radius 1 is 1.25 bits per heavy atom. The van der Waals surface area contributed by atoms with E-state index in [-0.39, 0.29) is 23.5 Å². The molecule has 5 nitrogen and oxygen atoms in total. The molecule has 0 unspecified atom stereocenters. The number of carbonyl (C=O) groups is 1. The lowest BCUT2D eigenvalue weighted by atomic mass is 10.1. The van der Waals surface area contributed by atoms with Crippen LogP contribution in [-0.2, 0) is 9.84 Å². The summed E-state index contributed by atoms with van der Waals surface area (Å²) in [5.41, 5.74) is 0.448. The Hall–Kier alpha value is -1.40. The molecule has 0 aromatic heterocycles. The van der Waals surface area contributed by atoms with Gasteiger partial charge in [-0.25, -0.2) is 8.42 Å². The third-order valence-corrected chi connectivity index (χ3v) is 4.10. The Morgan fingerprint density at radius 2 is 1.80 bits per heavy atom. The van der Waals surface area contributed by atoms with Crippen molar-refractivity contribution in [2.45, 2.75) is 31.2 Å². The number of amides is 1. The van der Waals surface area contributed by atoms with Crippen molar-refractivity contribution in [2.75, 3.05) is 19.4 Å². The largest absolute Gasteiger partial charge is 0.396 e. The average molecular weight is 299 g/mol. The van der Waals surface area contributed by atoms with Gasteiger partial charge in [0.2, 0.25) is 0 Å². The number of hydrogen-bond acceptors (Lipinski definition) is 4. The summed E-state index contributed by atoms with van der Waals surface area (Å²) in [6, 6.07) is 5.93. The normalized spacial score (nSPS) is 11.7. The van der Waals surface area contributed by atoms with Gasteiger partial charge in [-0.1, -0.05) is 0 Å². The number of carbonyl (C=O) groups excluding carboxylic acids is 1. The average Bonchev–Trinajstić information content (AvgIpc) is 2.37. The monoisotopic (exact) mass is 299 g/mol. The third kappa shape index (κ3) is 4.31. The lowest BCUT2D eigenvalue weighted by Crippen LogP contribution is -2.38. The molecule has 112 valence electrons. The number of aliphatic hydroxyl groups is 1. The Balaban J connectivity index is 2.95. The fraction of sp³-hybridized carbons (Fsp3) is 0.500. The molecule has 0 radical (unpaired) electrons. The van der Waals surface area contributed by atoms with Gasteiger partial charge in [0.15, 0.2) is 9.84 Å². The number of hydrogen-bond donors (Lipinski definition) is 1. The summed E-state index contributed by atoms with van der Waals surface area (Å²) in [5, 5.41) is 8.87. The molecule has 1 aromatic rings. The van der Waals surface area contributed by atoms with Crippen LogP contribution in [0.2, 0.25) is 0 Å². The second-order valence-electron chi connectivity index (χ2n) is 4.97. The predicted octanol–water partition coefficient (Wildman–Crippen LogP) is 1.32. The molecule has 1 amide bonds. The topological polar surface area (TPSA) is 74.7 Å². The molecule has 0 fully saturated rings. The zero-order valence-corrected chi connectivity index (χ0v) is 12.9. The van der Waals surface area contributed by atoms with Crippen LogP contribution in [0.4, 0.5) is 0 Å². The summed E-state index contributed by atoms with van der Waals surface area (Å²) < 4.78 is 22.7. The molecular formula is C14H21NO4S. The molecule has 1 aromatic carbocycles. The van der Waals surface area contributed by atoms with E-state index in [2.05, 4.69) is 0 Å². The lowest BCUT2D eigenvalue weighted by molar-refractivity contribution is 0.0693. The lowest BCUT2D eigenvalue weighted by Gasteiger charge is -2.26. The van der Waals surface area contributed by atoms with Crippen molar-refractivity contribution in [3.05, 3.63) is 29.8 Å². The number of nitrogens with zero attached hydrogens (tertiary/aromatic N) is 1. The van der Waals surface area contributed by atoms with Gasteiger partial charge in [-0.2, -0.15) is 0 Å². The van der Waals surface area contributed by atoms with Crippen molar-refractivity contribution >= 4 is 15.7 Å². The van der Waals surface area contributed by atoms with E-state index in [4.69, 9.17) is 5.11 Å². The Kier molecular flexibility index (Phi) is 5.71. The third-order valence-electron chi connectivity index (χ3n) is 2.97. The second-order valence-corrected chi connectivity index (χ2v) is 6.98. The van der Waals surface area contributed by atoms with Crippen molar-refractivity contribution in [3.8, 4) is 0 Å². The molecule has 0 spiro atoms. The molecule has 0 bridgehead atoms. The van der Waals surface area contributed by atoms with E-state index >= 15 is 0 Å². The molecule has 0 aliphatic rings. The molecule has 1 N–H and O–H groups in total. The number of benzene rings is 1. The van der Waals surface area contributed by atoms with Crippen molar-refractivity contribution in [3.63, 3.8) is 0 Å². The van der Waals surface area contributed by atoms with Gasteiger partial charge in [-0.3, -0.25) is 4.79 Å². The van der Waals surface area contributed by atoms with Crippen LogP contribution in [0.3, 0.4) is 0 Å². The van der Waals surface area contributed by atoms with Crippen LogP contribution >= 0.6 is 0 Å². The SMILES string of the molecule is CC(C)N(CCCO)C(=O)c1ccc(S(C)(=O)=O)cc1. The standard InChI is InChI=1S/C14H21NO4S/c1-11(2)15(9-4-10-16)14(17)12-5-7-13(8-6-12)20(3,18)19/h5-8,11,16H,4,9-10H2,1-3H3. The highest BCUT2D eigenvalue weighted by atomic mass is 32.2. The molecule has 0 saturated heterocycles. The maximum Gasteiger partial charge on any atom is 0.254 e. The summed E-state index contributed by atoms with van der Waals surface area (Å²) in [4.78, 5) is 14.2. The summed E-state index contributed by atoms with van der Waals surface area (Å²) in [6.07, 6.45) is 1.65. The molecule has 1 rings (SSSR count). The van der Waals surface area contributed by atoms with Gasteiger partial charge in [-0.15, -0.1) is 0 Å². The van der Waals surface area contributed by atoms with E-state index in [9.17, 15) is 13.2 Å². The van der Waals surface area contributed by atoms with Crippen molar-refractivity contribution in [1.82, 2.24) is 4.90 Å². The number of rotatable bonds is 6. The molecule has 0 aliphatic carbocycles. The number of aliphatic hydroxyl groups excluding tert-OH is 1. The Morgan fingerprint density at radius 3 is 2.20 bits per heavy atom. The highest BCUT2D eigenvalue weighted by Gasteiger charge is 2.18. The minimum Gasteiger partial charge on any atom is -0.396 e. The van der Waals surface area contributed by atoms with Crippen LogP contribution in [0.1, 0.15) is 30.6 Å². The first kappa shape index (κ1) is 16.7. The second kappa shape index (κ2) is 6.85. The quantitative estimate of drug-likeness (QED) is 0.859. The molecular weight excluding hydrogens is 278 g/mol. The van der Waals surface area contributed by atoms with E-state index in [0.29, 0.717) is 18.5 Å². The van der Waals surface area contributed by atoms with Gasteiger partial charge >= 0.3 is 0 Å². The highest BCUT2D eigenvalue weighted by molar-refractivity contribution is 7.90. The zero-order valence-electron chi connectivity index (χ0n) is 12.0.